The third-order valence-corrected chi connectivity index (χ3v) is 5.24. The minimum absolute atomic E-state index is 0.179. The van der Waals surface area contributed by atoms with E-state index in [0.29, 0.717) is 37.1 Å². The normalized spacial score (nSPS) is 16.4. The molecule has 0 unspecified atom stereocenters. The molecule has 0 spiro atoms. The Kier molecular flexibility index (Phi) is 6.14. The molecule has 5 rings (SSSR count). The van der Waals surface area contributed by atoms with Crippen LogP contribution in [-0.4, -0.2) is 56.5 Å². The van der Waals surface area contributed by atoms with E-state index in [4.69, 9.17) is 9.47 Å². The van der Waals surface area contributed by atoms with E-state index < -0.39 is 6.10 Å². The van der Waals surface area contributed by atoms with Crippen LogP contribution in [0.2, 0.25) is 0 Å². The Labute approximate surface area is 190 Å². The van der Waals surface area contributed by atoms with Crippen LogP contribution in [0.25, 0.3) is 11.0 Å². The largest absolute Gasteiger partial charge is 0.424 e. The van der Waals surface area contributed by atoms with Crippen molar-refractivity contribution in [2.75, 3.05) is 25.0 Å². The van der Waals surface area contributed by atoms with Crippen molar-refractivity contribution in [3.8, 4) is 11.8 Å². The Bertz CT molecular complexity index is 1250. The highest BCUT2D eigenvalue weighted by Crippen LogP contribution is 2.21. The molecule has 2 aromatic heterocycles. The molecule has 3 heterocycles. The van der Waals surface area contributed by atoms with Gasteiger partial charge in [0, 0.05) is 50.1 Å². The number of hydrogen-bond acceptors (Lipinski definition) is 8. The maximum Gasteiger partial charge on any atom is 0.321 e. The van der Waals surface area contributed by atoms with Gasteiger partial charge in [-0.05, 0) is 42.0 Å². The molecule has 0 radical (unpaired) electrons. The van der Waals surface area contributed by atoms with Gasteiger partial charge >= 0.3 is 6.01 Å². The fourth-order valence-electron chi connectivity index (χ4n) is 3.68. The molecule has 9 heteroatoms. The molecular formula is C24H22N6O3. The third kappa shape index (κ3) is 5.28. The summed E-state index contributed by atoms with van der Waals surface area (Å²) in [6.45, 7) is 2.38. The zero-order valence-corrected chi connectivity index (χ0v) is 17.8. The Morgan fingerprint density at radius 1 is 1.00 bits per heavy atom. The van der Waals surface area contributed by atoms with Crippen LogP contribution in [0.5, 0.6) is 11.8 Å². The Balaban J connectivity index is 1.20. The van der Waals surface area contributed by atoms with Crippen molar-refractivity contribution in [2.45, 2.75) is 12.6 Å². The number of fused-ring (bicyclic) bond motifs is 1. The molecule has 1 fully saturated rings. The second-order valence-corrected chi connectivity index (χ2v) is 7.62. The van der Waals surface area contributed by atoms with Crippen LogP contribution in [0.3, 0.4) is 0 Å². The number of ether oxygens (including phenoxy) is 2. The Hall–Kier alpha value is -3.95. The summed E-state index contributed by atoms with van der Waals surface area (Å²) in [5, 5.41) is 2.93. The number of morpholine rings is 1. The first kappa shape index (κ1) is 20.9. The molecule has 0 saturated carbocycles. The van der Waals surface area contributed by atoms with Crippen LogP contribution in [0.1, 0.15) is 5.56 Å². The molecule has 1 aliphatic heterocycles. The molecule has 1 amide bonds. The molecule has 1 saturated heterocycles. The standard InChI is InChI=1S/C24H22N6O3/c31-23(29-18-5-6-20-21(14-18)26-10-9-25-20)22-16-30(11-12-32-22)15-17-3-1-4-19(13-17)33-24-27-7-2-8-28-24/h1-10,13-14,22H,11-12,15-16H2,(H,29,31)/t22-/m0/s1. The van der Waals surface area contributed by atoms with Crippen LogP contribution in [0, 0.1) is 0 Å². The van der Waals surface area contributed by atoms with Crippen molar-refractivity contribution in [3.05, 3.63) is 78.9 Å². The number of carbonyl (C=O) groups is 1. The van der Waals surface area contributed by atoms with E-state index in [1.165, 1.54) is 0 Å². The molecule has 1 aliphatic rings. The second kappa shape index (κ2) is 9.68. The quantitative estimate of drug-likeness (QED) is 0.486. The van der Waals surface area contributed by atoms with Crippen LogP contribution in [-0.2, 0) is 16.1 Å². The number of anilines is 1. The fourth-order valence-corrected chi connectivity index (χ4v) is 3.68. The van der Waals surface area contributed by atoms with Gasteiger partial charge in [0.1, 0.15) is 11.9 Å². The number of carbonyl (C=O) groups excluding carboxylic acids is 1. The first-order valence-electron chi connectivity index (χ1n) is 10.6. The molecule has 166 valence electrons. The van der Waals surface area contributed by atoms with Crippen molar-refractivity contribution in [2.24, 2.45) is 0 Å². The minimum Gasteiger partial charge on any atom is -0.424 e. The summed E-state index contributed by atoms with van der Waals surface area (Å²) in [5.41, 5.74) is 3.24. The molecule has 33 heavy (non-hydrogen) atoms. The van der Waals surface area contributed by atoms with E-state index in [0.717, 1.165) is 23.1 Å². The van der Waals surface area contributed by atoms with E-state index >= 15 is 0 Å². The smallest absolute Gasteiger partial charge is 0.321 e. The molecule has 2 aromatic carbocycles. The van der Waals surface area contributed by atoms with Gasteiger partial charge in [-0.25, -0.2) is 9.97 Å². The molecule has 1 atom stereocenters. The molecule has 0 bridgehead atoms. The van der Waals surface area contributed by atoms with Crippen molar-refractivity contribution in [1.82, 2.24) is 24.8 Å². The topological polar surface area (TPSA) is 102 Å². The Morgan fingerprint density at radius 2 is 1.85 bits per heavy atom. The SMILES string of the molecule is O=C(Nc1ccc2nccnc2c1)[C@@H]1CN(Cc2cccc(Oc3ncccn3)c2)CCO1. The lowest BCUT2D eigenvalue weighted by Gasteiger charge is -2.32. The van der Waals surface area contributed by atoms with E-state index in [-0.39, 0.29) is 5.91 Å². The van der Waals surface area contributed by atoms with E-state index in [2.05, 4.69) is 30.2 Å². The summed E-state index contributed by atoms with van der Waals surface area (Å²) in [6.07, 6.45) is 5.98. The first-order valence-corrected chi connectivity index (χ1v) is 10.6. The maximum atomic E-state index is 12.8. The van der Waals surface area contributed by atoms with Gasteiger partial charge in [0.15, 0.2) is 0 Å². The van der Waals surface area contributed by atoms with E-state index in [9.17, 15) is 4.79 Å². The highest BCUT2D eigenvalue weighted by atomic mass is 16.5. The predicted octanol–water partition coefficient (Wildman–Crippen LogP) is 3.05. The van der Waals surface area contributed by atoms with Gasteiger partial charge in [-0.15, -0.1) is 0 Å². The average Bonchev–Trinajstić information content (AvgIpc) is 2.85. The van der Waals surface area contributed by atoms with Gasteiger partial charge in [0.25, 0.3) is 5.91 Å². The number of nitrogens with zero attached hydrogens (tertiary/aromatic N) is 5. The summed E-state index contributed by atoms with van der Waals surface area (Å²) in [7, 11) is 0. The highest BCUT2D eigenvalue weighted by molar-refractivity contribution is 5.96. The lowest BCUT2D eigenvalue weighted by Crippen LogP contribution is -2.47. The molecule has 0 aliphatic carbocycles. The van der Waals surface area contributed by atoms with Crippen molar-refractivity contribution in [1.29, 1.82) is 0 Å². The zero-order valence-electron chi connectivity index (χ0n) is 17.8. The van der Waals surface area contributed by atoms with Gasteiger partial charge in [0.2, 0.25) is 0 Å². The van der Waals surface area contributed by atoms with Crippen LogP contribution in [0.15, 0.2) is 73.3 Å². The molecular weight excluding hydrogens is 420 g/mol. The number of hydrogen-bond donors (Lipinski definition) is 1. The van der Waals surface area contributed by atoms with Gasteiger partial charge < -0.3 is 14.8 Å². The summed E-state index contributed by atoms with van der Waals surface area (Å²) in [5.74, 6) is 0.488. The van der Waals surface area contributed by atoms with Gasteiger partial charge in [-0.1, -0.05) is 12.1 Å². The number of benzene rings is 2. The number of nitrogens with one attached hydrogen (secondary N) is 1. The molecule has 4 aromatic rings. The summed E-state index contributed by atoms with van der Waals surface area (Å²) in [4.78, 5) is 31.7. The van der Waals surface area contributed by atoms with Crippen molar-refractivity contribution >= 4 is 22.6 Å². The first-order chi connectivity index (χ1) is 16.2. The number of amides is 1. The predicted molar refractivity (Wildman–Crippen MR) is 122 cm³/mol. The van der Waals surface area contributed by atoms with Gasteiger partial charge in [0.05, 0.1) is 17.6 Å². The third-order valence-electron chi connectivity index (χ3n) is 5.24. The van der Waals surface area contributed by atoms with E-state index in [1.807, 2.05) is 42.5 Å². The van der Waals surface area contributed by atoms with Crippen LogP contribution >= 0.6 is 0 Å². The summed E-state index contributed by atoms with van der Waals surface area (Å²) in [6, 6.07) is 15.3. The van der Waals surface area contributed by atoms with Crippen LogP contribution < -0.4 is 10.1 Å². The van der Waals surface area contributed by atoms with Gasteiger partial charge in [-0.3, -0.25) is 19.7 Å². The average molecular weight is 442 g/mol. The fraction of sp³-hybridized carbons (Fsp3) is 0.208. The summed E-state index contributed by atoms with van der Waals surface area (Å²) < 4.78 is 11.5. The monoisotopic (exact) mass is 442 g/mol. The van der Waals surface area contributed by atoms with Crippen molar-refractivity contribution < 1.29 is 14.3 Å². The Morgan fingerprint density at radius 3 is 2.73 bits per heavy atom. The number of aromatic nitrogens is 4. The second-order valence-electron chi connectivity index (χ2n) is 7.62. The zero-order chi connectivity index (χ0) is 22.5. The van der Waals surface area contributed by atoms with Crippen molar-refractivity contribution in [3.63, 3.8) is 0 Å². The van der Waals surface area contributed by atoms with Crippen LogP contribution in [0.4, 0.5) is 5.69 Å². The van der Waals surface area contributed by atoms with E-state index in [1.54, 1.807) is 30.9 Å². The lowest BCUT2D eigenvalue weighted by atomic mass is 10.1. The lowest BCUT2D eigenvalue weighted by molar-refractivity contribution is -0.133. The molecule has 9 nitrogen and oxygen atoms in total. The summed E-state index contributed by atoms with van der Waals surface area (Å²) >= 11 is 0. The highest BCUT2D eigenvalue weighted by Gasteiger charge is 2.27. The maximum absolute atomic E-state index is 12.8. The molecule has 1 N–H and O–H groups in total. The minimum atomic E-state index is -0.562. The van der Waals surface area contributed by atoms with Gasteiger partial charge in [-0.2, -0.15) is 0 Å². The number of rotatable bonds is 6.